The van der Waals surface area contributed by atoms with E-state index in [1.165, 1.54) is 34.4 Å². The van der Waals surface area contributed by atoms with Crippen LogP contribution in [0, 0.1) is 20.8 Å². The molecule has 0 aliphatic heterocycles. The number of ether oxygens (including phenoxy) is 2. The summed E-state index contributed by atoms with van der Waals surface area (Å²) in [6.07, 6.45) is 8.41. The van der Waals surface area contributed by atoms with E-state index >= 15 is 0 Å². The standard InChI is InChI=1S/C35H38N2O3S/c1-23-10-9-11-27(18-23)22-40-30-17-15-26(20-31(30)39-4)21-36-35-33(29-12-7-5-6-8-13-32(29)41-35)34(38)37-28-16-14-24(2)25(3)19-28/h9-11,14-21H,5-8,12-13,22H2,1-4H3,(H,37,38). The van der Waals surface area contributed by atoms with Crippen molar-refractivity contribution in [1.29, 1.82) is 0 Å². The van der Waals surface area contributed by atoms with Crippen molar-refractivity contribution in [1.82, 2.24) is 0 Å². The molecule has 0 bridgehead atoms. The molecule has 1 aliphatic carbocycles. The first kappa shape index (κ1) is 28.6. The van der Waals surface area contributed by atoms with Crippen LogP contribution in [0.15, 0.2) is 65.7 Å². The molecule has 212 valence electrons. The zero-order chi connectivity index (χ0) is 28.8. The number of anilines is 1. The number of carbonyl (C=O) groups is 1. The van der Waals surface area contributed by atoms with Gasteiger partial charge in [0.1, 0.15) is 11.6 Å². The summed E-state index contributed by atoms with van der Waals surface area (Å²) in [6.45, 7) is 6.68. The molecule has 0 saturated heterocycles. The first-order chi connectivity index (χ1) is 19.9. The van der Waals surface area contributed by atoms with Crippen LogP contribution in [0.3, 0.4) is 0 Å². The van der Waals surface area contributed by atoms with E-state index in [0.29, 0.717) is 23.7 Å². The van der Waals surface area contributed by atoms with E-state index in [1.54, 1.807) is 18.4 Å². The normalized spacial score (nSPS) is 13.4. The number of hydrogen-bond donors (Lipinski definition) is 1. The van der Waals surface area contributed by atoms with Crippen molar-refractivity contribution >= 4 is 34.1 Å². The molecular weight excluding hydrogens is 528 g/mol. The molecule has 1 aliphatic rings. The lowest BCUT2D eigenvalue weighted by atomic mass is 9.96. The van der Waals surface area contributed by atoms with Gasteiger partial charge in [-0.2, -0.15) is 0 Å². The van der Waals surface area contributed by atoms with E-state index in [4.69, 9.17) is 14.5 Å². The molecule has 5 rings (SSSR count). The minimum atomic E-state index is -0.0871. The number of fused-ring (bicyclic) bond motifs is 1. The zero-order valence-corrected chi connectivity index (χ0v) is 25.2. The first-order valence-corrected chi connectivity index (χ1v) is 15.2. The molecule has 6 heteroatoms. The molecule has 0 fully saturated rings. The molecule has 1 heterocycles. The third-order valence-corrected chi connectivity index (χ3v) is 8.84. The van der Waals surface area contributed by atoms with E-state index in [1.807, 2.05) is 48.7 Å². The fourth-order valence-corrected chi connectivity index (χ4v) is 6.45. The van der Waals surface area contributed by atoms with Gasteiger partial charge in [0.25, 0.3) is 5.91 Å². The molecule has 0 spiro atoms. The van der Waals surface area contributed by atoms with Gasteiger partial charge in [-0.15, -0.1) is 11.3 Å². The van der Waals surface area contributed by atoms with Crippen molar-refractivity contribution in [2.75, 3.05) is 12.4 Å². The summed E-state index contributed by atoms with van der Waals surface area (Å²) < 4.78 is 11.7. The molecule has 4 aromatic rings. The monoisotopic (exact) mass is 566 g/mol. The maximum Gasteiger partial charge on any atom is 0.259 e. The van der Waals surface area contributed by atoms with Crippen LogP contribution in [0.5, 0.6) is 11.5 Å². The van der Waals surface area contributed by atoms with Gasteiger partial charge in [-0.25, -0.2) is 4.99 Å². The smallest absolute Gasteiger partial charge is 0.259 e. The summed E-state index contributed by atoms with van der Waals surface area (Å²) in [5.41, 5.74) is 8.24. The Morgan fingerprint density at radius 3 is 2.54 bits per heavy atom. The van der Waals surface area contributed by atoms with Crippen LogP contribution in [0.2, 0.25) is 0 Å². The van der Waals surface area contributed by atoms with E-state index < -0.39 is 0 Å². The van der Waals surface area contributed by atoms with Crippen LogP contribution in [0.4, 0.5) is 10.7 Å². The highest BCUT2D eigenvalue weighted by molar-refractivity contribution is 7.16. The molecule has 41 heavy (non-hydrogen) atoms. The maximum atomic E-state index is 13.7. The Labute approximate surface area is 247 Å². The lowest BCUT2D eigenvalue weighted by Gasteiger charge is -2.12. The summed E-state index contributed by atoms with van der Waals surface area (Å²) in [6, 6.07) is 20.1. The molecule has 0 saturated carbocycles. The van der Waals surface area contributed by atoms with Crippen molar-refractivity contribution in [3.63, 3.8) is 0 Å². The highest BCUT2D eigenvalue weighted by Crippen LogP contribution is 2.39. The summed E-state index contributed by atoms with van der Waals surface area (Å²) in [4.78, 5) is 19.9. The van der Waals surface area contributed by atoms with Crippen LogP contribution >= 0.6 is 11.3 Å². The number of aryl methyl sites for hydroxylation is 4. The highest BCUT2D eigenvalue weighted by atomic mass is 32.1. The van der Waals surface area contributed by atoms with Crippen molar-refractivity contribution in [3.8, 4) is 11.5 Å². The van der Waals surface area contributed by atoms with Gasteiger partial charge in [-0.3, -0.25) is 4.79 Å². The number of thiophene rings is 1. The molecule has 0 atom stereocenters. The summed E-state index contributed by atoms with van der Waals surface area (Å²) in [5, 5.41) is 3.91. The third-order valence-electron chi connectivity index (χ3n) is 7.64. The Bertz CT molecular complexity index is 1570. The SMILES string of the molecule is COc1cc(C=Nc2sc3c(c2C(=O)Nc2ccc(C)c(C)c2)CCCCCC3)ccc1OCc1cccc(C)c1. The van der Waals surface area contributed by atoms with E-state index in [-0.39, 0.29) is 5.91 Å². The number of rotatable bonds is 8. The van der Waals surface area contributed by atoms with Crippen LogP contribution < -0.4 is 14.8 Å². The quantitative estimate of drug-likeness (QED) is 0.217. The summed E-state index contributed by atoms with van der Waals surface area (Å²) in [5.74, 6) is 1.24. The first-order valence-electron chi connectivity index (χ1n) is 14.3. The summed E-state index contributed by atoms with van der Waals surface area (Å²) in [7, 11) is 1.64. The number of nitrogens with one attached hydrogen (secondary N) is 1. The second-order valence-corrected chi connectivity index (χ2v) is 11.9. The Hall–Kier alpha value is -3.90. The van der Waals surface area contributed by atoms with Gasteiger partial charge in [0.15, 0.2) is 11.5 Å². The van der Waals surface area contributed by atoms with Gasteiger partial charge >= 0.3 is 0 Å². The van der Waals surface area contributed by atoms with Crippen LogP contribution in [0.1, 0.15) is 74.3 Å². The predicted octanol–water partition coefficient (Wildman–Crippen LogP) is 8.92. The van der Waals surface area contributed by atoms with Crippen molar-refractivity contribution in [3.05, 3.63) is 104 Å². The molecule has 1 amide bonds. The number of nitrogens with zero attached hydrogens (tertiary/aromatic N) is 1. The Kier molecular flexibility index (Phi) is 9.20. The minimum Gasteiger partial charge on any atom is -0.493 e. The number of aliphatic imine (C=N–C) groups is 1. The largest absolute Gasteiger partial charge is 0.493 e. The average Bonchev–Trinajstić information content (AvgIpc) is 3.29. The highest BCUT2D eigenvalue weighted by Gasteiger charge is 2.24. The number of benzene rings is 3. The maximum absolute atomic E-state index is 13.7. The molecule has 3 aromatic carbocycles. The predicted molar refractivity (Wildman–Crippen MR) is 170 cm³/mol. The molecule has 0 unspecified atom stereocenters. The fourth-order valence-electron chi connectivity index (χ4n) is 5.22. The van der Waals surface area contributed by atoms with Gasteiger partial charge in [-0.05, 0) is 105 Å². The van der Waals surface area contributed by atoms with Gasteiger partial charge in [0.2, 0.25) is 0 Å². The topological polar surface area (TPSA) is 59.9 Å². The Balaban J connectivity index is 1.41. The second-order valence-electron chi connectivity index (χ2n) is 10.8. The summed E-state index contributed by atoms with van der Waals surface area (Å²) >= 11 is 1.65. The minimum absolute atomic E-state index is 0.0871. The van der Waals surface area contributed by atoms with Crippen molar-refractivity contribution < 1.29 is 14.3 Å². The van der Waals surface area contributed by atoms with Gasteiger partial charge in [-0.1, -0.05) is 48.7 Å². The van der Waals surface area contributed by atoms with E-state index in [2.05, 4.69) is 44.3 Å². The van der Waals surface area contributed by atoms with Crippen molar-refractivity contribution in [2.24, 2.45) is 4.99 Å². The van der Waals surface area contributed by atoms with Crippen molar-refractivity contribution in [2.45, 2.75) is 65.9 Å². The van der Waals surface area contributed by atoms with Gasteiger partial charge in [0.05, 0.1) is 12.7 Å². The Morgan fingerprint density at radius 2 is 1.76 bits per heavy atom. The van der Waals surface area contributed by atoms with Gasteiger partial charge < -0.3 is 14.8 Å². The second kappa shape index (κ2) is 13.2. The molecule has 1 N–H and O–H groups in total. The Morgan fingerprint density at radius 1 is 0.927 bits per heavy atom. The van der Waals surface area contributed by atoms with Gasteiger partial charge in [0, 0.05) is 16.8 Å². The number of amides is 1. The third kappa shape index (κ3) is 7.06. The lowest BCUT2D eigenvalue weighted by molar-refractivity contribution is 0.102. The molecule has 5 nitrogen and oxygen atoms in total. The van der Waals surface area contributed by atoms with Crippen LogP contribution in [0.25, 0.3) is 0 Å². The lowest BCUT2D eigenvalue weighted by Crippen LogP contribution is -2.14. The molecule has 0 radical (unpaired) electrons. The fraction of sp³-hybridized carbons (Fsp3) is 0.314. The van der Waals surface area contributed by atoms with Crippen LogP contribution in [-0.4, -0.2) is 19.2 Å². The number of hydrogen-bond acceptors (Lipinski definition) is 5. The van der Waals surface area contributed by atoms with Crippen LogP contribution in [-0.2, 0) is 19.4 Å². The average molecular weight is 567 g/mol. The molecule has 1 aromatic heterocycles. The number of carbonyl (C=O) groups excluding carboxylic acids is 1. The number of methoxy groups -OCH3 is 1. The van der Waals surface area contributed by atoms with E-state index in [9.17, 15) is 4.79 Å². The zero-order valence-electron chi connectivity index (χ0n) is 24.4. The molecular formula is C35H38N2O3S. The van der Waals surface area contributed by atoms with E-state index in [0.717, 1.165) is 53.1 Å².